The van der Waals surface area contributed by atoms with Crippen molar-refractivity contribution in [2.24, 2.45) is 0 Å². The number of hydrogen-bond donors (Lipinski definition) is 3. The highest BCUT2D eigenvalue weighted by Crippen LogP contribution is 2.28. The molecule has 1 unspecified atom stereocenters. The van der Waals surface area contributed by atoms with Gasteiger partial charge in [-0.1, -0.05) is 11.6 Å². The maximum absolute atomic E-state index is 14.0. The summed E-state index contributed by atoms with van der Waals surface area (Å²) in [7, 11) is -4.00. The van der Waals surface area contributed by atoms with Crippen LogP contribution in [0.5, 0.6) is 0 Å². The van der Waals surface area contributed by atoms with E-state index in [1.54, 1.807) is 0 Å². The highest BCUT2D eigenvalue weighted by Gasteiger charge is 2.26. The molecule has 0 aliphatic carbocycles. The van der Waals surface area contributed by atoms with Crippen LogP contribution in [0, 0.1) is 5.82 Å². The molecule has 3 N–H and O–H groups in total. The second-order valence-corrected chi connectivity index (χ2v) is 6.84. The minimum absolute atomic E-state index is 0. The van der Waals surface area contributed by atoms with Crippen molar-refractivity contribution in [2.75, 3.05) is 18.4 Å². The van der Waals surface area contributed by atoms with Gasteiger partial charge in [0.2, 0.25) is 15.9 Å². The van der Waals surface area contributed by atoms with Crippen molar-refractivity contribution in [3.8, 4) is 0 Å². The number of amides is 1. The van der Waals surface area contributed by atoms with E-state index in [2.05, 4.69) is 15.4 Å². The standard InChI is InChI=1S/C12H15ClFN3O3S.ClH/c1-7(18)16-11-5-10(14)12(4-9(11)13)21(19,20)17-8-2-3-15-6-8;/h4-5,8,15,17H,2-3,6H2,1H3,(H,16,18);1H. The van der Waals surface area contributed by atoms with E-state index in [-0.39, 0.29) is 29.2 Å². The molecule has 1 aromatic rings. The predicted molar refractivity (Wildman–Crippen MR) is 84.6 cm³/mol. The first-order chi connectivity index (χ1) is 9.79. The Morgan fingerprint density at radius 3 is 2.68 bits per heavy atom. The fourth-order valence-corrected chi connectivity index (χ4v) is 3.69. The van der Waals surface area contributed by atoms with Crippen LogP contribution in [-0.2, 0) is 14.8 Å². The topological polar surface area (TPSA) is 87.3 Å². The van der Waals surface area contributed by atoms with E-state index >= 15 is 0 Å². The van der Waals surface area contributed by atoms with Crippen LogP contribution in [0.15, 0.2) is 17.0 Å². The highest BCUT2D eigenvalue weighted by atomic mass is 35.5. The van der Waals surface area contributed by atoms with Gasteiger partial charge in [0.25, 0.3) is 0 Å². The number of rotatable bonds is 4. The maximum Gasteiger partial charge on any atom is 0.243 e. The lowest BCUT2D eigenvalue weighted by molar-refractivity contribution is -0.114. The summed E-state index contributed by atoms with van der Waals surface area (Å²) in [5.74, 6) is -1.40. The van der Waals surface area contributed by atoms with Crippen molar-refractivity contribution in [2.45, 2.75) is 24.3 Å². The number of halogens is 3. The highest BCUT2D eigenvalue weighted by molar-refractivity contribution is 7.89. The SMILES string of the molecule is CC(=O)Nc1cc(F)c(S(=O)(=O)NC2CCNC2)cc1Cl.Cl. The zero-order valence-corrected chi connectivity index (χ0v) is 14.0. The smallest absolute Gasteiger partial charge is 0.243 e. The number of nitrogens with one attached hydrogen (secondary N) is 3. The summed E-state index contributed by atoms with van der Waals surface area (Å²) in [5, 5.41) is 5.29. The van der Waals surface area contributed by atoms with Gasteiger partial charge in [-0.05, 0) is 19.0 Å². The molecule has 10 heteroatoms. The van der Waals surface area contributed by atoms with E-state index in [1.165, 1.54) is 6.92 Å². The van der Waals surface area contributed by atoms with Gasteiger partial charge in [-0.2, -0.15) is 0 Å². The molecule has 1 aliphatic rings. The number of sulfonamides is 1. The van der Waals surface area contributed by atoms with Crippen molar-refractivity contribution in [1.29, 1.82) is 0 Å². The molecule has 1 saturated heterocycles. The lowest BCUT2D eigenvalue weighted by atomic mass is 10.3. The maximum atomic E-state index is 14.0. The number of hydrogen-bond acceptors (Lipinski definition) is 4. The van der Waals surface area contributed by atoms with Crippen LogP contribution in [0.4, 0.5) is 10.1 Å². The fourth-order valence-electron chi connectivity index (χ4n) is 2.06. The van der Waals surface area contributed by atoms with Gasteiger partial charge in [-0.3, -0.25) is 4.79 Å². The van der Waals surface area contributed by atoms with Gasteiger partial charge >= 0.3 is 0 Å². The van der Waals surface area contributed by atoms with Crippen molar-refractivity contribution >= 4 is 45.6 Å². The summed E-state index contributed by atoms with van der Waals surface area (Å²) in [6.45, 7) is 2.45. The Hall–Kier alpha value is -0.930. The zero-order valence-electron chi connectivity index (χ0n) is 11.7. The van der Waals surface area contributed by atoms with Crippen LogP contribution in [0.25, 0.3) is 0 Å². The number of anilines is 1. The van der Waals surface area contributed by atoms with Crippen molar-refractivity contribution in [3.63, 3.8) is 0 Å². The molecular formula is C12H16Cl2FN3O3S. The van der Waals surface area contributed by atoms with Crippen LogP contribution in [-0.4, -0.2) is 33.5 Å². The van der Waals surface area contributed by atoms with Crippen molar-refractivity contribution in [1.82, 2.24) is 10.0 Å². The van der Waals surface area contributed by atoms with Gasteiger partial charge in [0.05, 0.1) is 10.7 Å². The normalized spacial score (nSPS) is 17.9. The number of benzene rings is 1. The van der Waals surface area contributed by atoms with E-state index in [9.17, 15) is 17.6 Å². The zero-order chi connectivity index (χ0) is 15.6. The number of carbonyl (C=O) groups is 1. The van der Waals surface area contributed by atoms with E-state index in [0.29, 0.717) is 19.5 Å². The summed E-state index contributed by atoms with van der Waals surface area (Å²) in [6, 6.07) is 1.61. The van der Waals surface area contributed by atoms with Gasteiger partial charge in [0, 0.05) is 25.6 Å². The summed E-state index contributed by atoms with van der Waals surface area (Å²) < 4.78 is 40.8. The summed E-state index contributed by atoms with van der Waals surface area (Å²) in [6.07, 6.45) is 0.637. The van der Waals surface area contributed by atoms with E-state index in [4.69, 9.17) is 11.6 Å². The Morgan fingerprint density at radius 1 is 1.45 bits per heavy atom. The molecule has 0 spiro atoms. The first kappa shape index (κ1) is 19.1. The van der Waals surface area contributed by atoms with Gasteiger partial charge < -0.3 is 10.6 Å². The molecule has 22 heavy (non-hydrogen) atoms. The average molecular weight is 372 g/mol. The Balaban J connectivity index is 0.00000242. The van der Waals surface area contributed by atoms with Crippen molar-refractivity contribution < 1.29 is 17.6 Å². The molecule has 1 aromatic carbocycles. The predicted octanol–water partition coefficient (Wildman–Crippen LogP) is 1.50. The van der Waals surface area contributed by atoms with E-state index in [0.717, 1.165) is 12.1 Å². The molecule has 1 aliphatic heterocycles. The fraction of sp³-hybridized carbons (Fsp3) is 0.417. The minimum atomic E-state index is -4.00. The third-order valence-electron chi connectivity index (χ3n) is 3.00. The van der Waals surface area contributed by atoms with Crippen molar-refractivity contribution in [3.05, 3.63) is 23.0 Å². The van der Waals surface area contributed by atoms with E-state index < -0.39 is 26.6 Å². The Bertz CT molecular complexity index is 664. The van der Waals surface area contributed by atoms with Crippen LogP contribution >= 0.6 is 24.0 Å². The lowest BCUT2D eigenvalue weighted by Gasteiger charge is -2.14. The molecule has 0 aromatic heterocycles. The summed E-state index contributed by atoms with van der Waals surface area (Å²) in [4.78, 5) is 10.4. The molecule has 1 heterocycles. The molecular weight excluding hydrogens is 356 g/mol. The summed E-state index contributed by atoms with van der Waals surface area (Å²) >= 11 is 5.88. The van der Waals surface area contributed by atoms with Crippen LogP contribution < -0.4 is 15.4 Å². The Labute approximate surface area is 139 Å². The first-order valence-corrected chi connectivity index (χ1v) is 8.15. The largest absolute Gasteiger partial charge is 0.325 e. The monoisotopic (exact) mass is 371 g/mol. The molecule has 2 rings (SSSR count). The van der Waals surface area contributed by atoms with Gasteiger partial charge in [0.1, 0.15) is 10.7 Å². The third kappa shape index (κ3) is 4.53. The molecule has 6 nitrogen and oxygen atoms in total. The lowest BCUT2D eigenvalue weighted by Crippen LogP contribution is -2.36. The Kier molecular flexibility index (Phi) is 6.57. The quantitative estimate of drug-likeness (QED) is 0.748. The molecule has 124 valence electrons. The minimum Gasteiger partial charge on any atom is -0.325 e. The van der Waals surface area contributed by atoms with E-state index in [1.807, 2.05) is 0 Å². The molecule has 0 saturated carbocycles. The average Bonchev–Trinajstić information content (AvgIpc) is 2.84. The molecule has 1 fully saturated rings. The van der Waals surface area contributed by atoms with Gasteiger partial charge in [-0.15, -0.1) is 12.4 Å². The molecule has 0 radical (unpaired) electrons. The second-order valence-electron chi connectivity index (χ2n) is 4.75. The van der Waals surface area contributed by atoms with Crippen LogP contribution in [0.2, 0.25) is 5.02 Å². The van der Waals surface area contributed by atoms with Crippen LogP contribution in [0.3, 0.4) is 0 Å². The number of carbonyl (C=O) groups excluding carboxylic acids is 1. The first-order valence-electron chi connectivity index (χ1n) is 6.29. The van der Waals surface area contributed by atoms with Gasteiger partial charge in [-0.25, -0.2) is 17.5 Å². The molecule has 1 amide bonds. The Morgan fingerprint density at radius 2 is 2.14 bits per heavy atom. The van der Waals surface area contributed by atoms with Gasteiger partial charge in [0.15, 0.2) is 0 Å². The van der Waals surface area contributed by atoms with Crippen LogP contribution in [0.1, 0.15) is 13.3 Å². The third-order valence-corrected chi connectivity index (χ3v) is 4.85. The molecule has 0 bridgehead atoms. The summed E-state index contributed by atoms with van der Waals surface area (Å²) in [5.41, 5.74) is 0.0307. The second kappa shape index (κ2) is 7.56. The molecule has 1 atom stereocenters.